The molecule has 0 spiro atoms. The number of fused-ring (bicyclic) bond motifs is 7. The summed E-state index contributed by atoms with van der Waals surface area (Å²) in [6.07, 6.45) is 13.8. The summed E-state index contributed by atoms with van der Waals surface area (Å²) in [6, 6.07) is 66.8. The van der Waals surface area contributed by atoms with Crippen molar-refractivity contribution in [3.63, 3.8) is 0 Å². The molecule has 0 aliphatic heterocycles. The minimum atomic E-state index is -0.0958. The fraction of sp³-hybridized carbons (Fsp3) is 0.273. The lowest BCUT2D eigenvalue weighted by atomic mass is 9.89. The minimum Gasteiger partial charge on any atom is -0.286 e. The van der Waals surface area contributed by atoms with E-state index in [9.17, 15) is 4.79 Å². The van der Waals surface area contributed by atoms with Crippen LogP contribution in [-0.2, 0) is 11.3 Å². The lowest BCUT2D eigenvalue weighted by molar-refractivity contribution is -0.118. The molecule has 15 aromatic rings. The summed E-state index contributed by atoms with van der Waals surface area (Å²) < 4.78 is 8.05. The molecule has 1 saturated carbocycles. The van der Waals surface area contributed by atoms with E-state index >= 15 is 0 Å². The van der Waals surface area contributed by atoms with E-state index in [4.69, 9.17) is 35.1 Å². The van der Waals surface area contributed by atoms with Crippen molar-refractivity contribution in [1.29, 1.82) is 0 Å². The van der Waals surface area contributed by atoms with Crippen LogP contribution >= 0.6 is 79.4 Å². The van der Waals surface area contributed by atoms with Crippen LogP contribution < -0.4 is 65.1 Å². The van der Waals surface area contributed by atoms with Gasteiger partial charge in [-0.15, -0.1) is 0 Å². The third kappa shape index (κ3) is 20.8. The Kier molecular flexibility index (Phi) is 28.1. The molecule has 8 aromatic carbocycles. The SMILES string of the molecule is CCCC(=O)N(N)c1nc2ccccc2s1.CCCCC(C)N(N)c1nc2ccccc2s1.CCCCN(N)c1nc2ccccc2s1.NN(CC1CCCCC1)c1nc2ccccc2s1.NN(Cc1ccccc1)c1nc2ccccc2s1.NN(c1nc2ccccc2s1)c1nc2ccccc2s1. The predicted octanol–water partition coefficient (Wildman–Crippen LogP) is 19.3. The van der Waals surface area contributed by atoms with E-state index in [1.807, 2.05) is 176 Å². The highest BCUT2D eigenvalue weighted by Crippen LogP contribution is 2.37. The molecule has 7 aromatic heterocycles. The number of rotatable bonds is 20. The molecular formula is C77H89N19OS7. The van der Waals surface area contributed by atoms with Crippen LogP contribution in [0.3, 0.4) is 0 Å². The monoisotopic (exact) mass is 1520 g/mol. The molecule has 1 unspecified atom stereocenters. The molecule has 16 rings (SSSR count). The van der Waals surface area contributed by atoms with Crippen LogP contribution in [0.25, 0.3) is 71.5 Å². The van der Waals surface area contributed by atoms with E-state index in [1.54, 1.807) is 88.1 Å². The highest BCUT2D eigenvalue weighted by molar-refractivity contribution is 7.25. The first-order valence-corrected chi connectivity index (χ1v) is 40.7. The first kappa shape index (κ1) is 76.4. The van der Waals surface area contributed by atoms with Crippen molar-refractivity contribution in [1.82, 2.24) is 34.9 Å². The van der Waals surface area contributed by atoms with Gasteiger partial charge in [-0.25, -0.2) is 80.0 Å². The van der Waals surface area contributed by atoms with E-state index in [0.717, 1.165) is 138 Å². The molecule has 1 fully saturated rings. The summed E-state index contributed by atoms with van der Waals surface area (Å²) in [5, 5.41) is 15.5. The third-order valence-electron chi connectivity index (χ3n) is 16.9. The fourth-order valence-corrected chi connectivity index (χ4v) is 17.6. The zero-order chi connectivity index (χ0) is 72.7. The molecule has 1 aliphatic rings. The Balaban J connectivity index is 0.000000125. The third-order valence-corrected chi connectivity index (χ3v) is 24.2. The second-order valence-electron chi connectivity index (χ2n) is 24.8. The Hall–Kier alpha value is -8.78. The number of anilines is 7. The maximum absolute atomic E-state index is 11.6. The number of amides is 1. The maximum Gasteiger partial charge on any atom is 0.243 e. The molecule has 27 heteroatoms. The van der Waals surface area contributed by atoms with Crippen molar-refractivity contribution in [2.45, 2.75) is 117 Å². The molecule has 0 radical (unpaired) electrons. The maximum atomic E-state index is 11.6. The number of nitrogens with zero attached hydrogens (tertiary/aromatic N) is 13. The molecule has 540 valence electrons. The molecule has 1 atom stereocenters. The van der Waals surface area contributed by atoms with Gasteiger partial charge in [0.05, 0.1) is 78.1 Å². The number of hydrazine groups is 6. The van der Waals surface area contributed by atoms with Crippen LogP contribution in [0.4, 0.5) is 35.9 Å². The first-order chi connectivity index (χ1) is 50.7. The van der Waals surface area contributed by atoms with Crippen LogP contribution in [0.1, 0.15) is 110 Å². The van der Waals surface area contributed by atoms with Gasteiger partial charge in [0.2, 0.25) is 41.8 Å². The first-order valence-electron chi connectivity index (χ1n) is 35.0. The molecule has 104 heavy (non-hydrogen) atoms. The number of benzene rings is 8. The van der Waals surface area contributed by atoms with Gasteiger partial charge in [-0.2, -0.15) is 0 Å². The van der Waals surface area contributed by atoms with Gasteiger partial charge in [-0.05, 0) is 135 Å². The smallest absolute Gasteiger partial charge is 0.243 e. The topological polar surface area (TPSA) is 283 Å². The molecule has 1 aliphatic carbocycles. The summed E-state index contributed by atoms with van der Waals surface area (Å²) in [6.45, 7) is 10.9. The van der Waals surface area contributed by atoms with Crippen LogP contribution in [0.2, 0.25) is 0 Å². The van der Waals surface area contributed by atoms with E-state index in [2.05, 4.69) is 92.1 Å². The number of thiazole rings is 7. The molecule has 0 bridgehead atoms. The van der Waals surface area contributed by atoms with Gasteiger partial charge in [0, 0.05) is 25.6 Å². The van der Waals surface area contributed by atoms with Gasteiger partial charge in [0.15, 0.2) is 0 Å². The van der Waals surface area contributed by atoms with Crippen molar-refractivity contribution < 1.29 is 4.79 Å². The standard InChI is InChI=1S/C14H10N4S2.C14H19N3S.C14H13N3S.C13H19N3S.C11H13N3OS.C11H15N3S/c15-18(13-16-9-5-1-3-7-11(9)19-13)14-17-10-6-2-4-8-12(10)20-14;2*15-17(10-11-6-2-1-3-7-11)14-16-12-8-4-5-9-13(12)18-14;1-3-4-7-10(2)16(14)13-15-11-8-5-6-9-12(11)17-13;1-2-5-10(15)14(12)11-13-8-6-3-4-7-9(8)16-11;1-2-3-8-14(12)11-13-9-6-4-5-7-10(9)15-11/h1-8H,15H2;4-5,8-9,11H,1-3,6-7,10,15H2;1-9H,10,15H2;5-6,8-10H,3-4,7,14H2,1-2H3;3-4,6-7H,2,5,12H2,1H3;4-7H,2-3,8,12H2,1H3. The van der Waals surface area contributed by atoms with Crippen molar-refractivity contribution in [2.75, 3.05) is 43.1 Å². The van der Waals surface area contributed by atoms with E-state index in [-0.39, 0.29) is 5.91 Å². The number of para-hydroxylation sites is 7. The fourth-order valence-electron chi connectivity index (χ4n) is 11.2. The minimum absolute atomic E-state index is 0.0958. The van der Waals surface area contributed by atoms with E-state index < -0.39 is 0 Å². The largest absolute Gasteiger partial charge is 0.286 e. The quantitative estimate of drug-likeness (QED) is 0.0235. The van der Waals surface area contributed by atoms with Crippen LogP contribution in [-0.4, -0.2) is 59.9 Å². The van der Waals surface area contributed by atoms with Crippen molar-refractivity contribution >= 4 is 193 Å². The highest BCUT2D eigenvalue weighted by Gasteiger charge is 2.21. The Morgan fingerprint density at radius 1 is 0.394 bits per heavy atom. The number of nitrogens with two attached hydrogens (primary N) is 6. The van der Waals surface area contributed by atoms with E-state index in [0.29, 0.717) is 24.1 Å². The van der Waals surface area contributed by atoms with Gasteiger partial charge < -0.3 is 0 Å². The summed E-state index contributed by atoms with van der Waals surface area (Å²) in [4.78, 5) is 43.2. The zero-order valence-corrected chi connectivity index (χ0v) is 64.6. The number of hydrogen-bond donors (Lipinski definition) is 6. The Bertz CT molecular complexity index is 4800. The predicted molar refractivity (Wildman–Crippen MR) is 447 cm³/mol. The average Bonchev–Trinajstić information content (AvgIpc) is 1.66. The van der Waals surface area contributed by atoms with Gasteiger partial charge in [0.1, 0.15) is 0 Å². The van der Waals surface area contributed by atoms with Gasteiger partial charge in [-0.3, -0.25) is 24.8 Å². The van der Waals surface area contributed by atoms with Crippen LogP contribution in [0.15, 0.2) is 200 Å². The van der Waals surface area contributed by atoms with Crippen LogP contribution in [0, 0.1) is 5.92 Å². The van der Waals surface area contributed by atoms with Crippen molar-refractivity contribution in [3.8, 4) is 0 Å². The lowest BCUT2D eigenvalue weighted by Crippen LogP contribution is -2.39. The Morgan fingerprint density at radius 3 is 1.13 bits per heavy atom. The Morgan fingerprint density at radius 2 is 0.731 bits per heavy atom. The van der Waals surface area contributed by atoms with Crippen molar-refractivity contribution in [2.24, 2.45) is 41.0 Å². The number of aromatic nitrogens is 7. The van der Waals surface area contributed by atoms with Crippen molar-refractivity contribution in [3.05, 3.63) is 206 Å². The normalized spacial score (nSPS) is 12.3. The van der Waals surface area contributed by atoms with Gasteiger partial charge in [0.25, 0.3) is 0 Å². The van der Waals surface area contributed by atoms with Gasteiger partial charge in [-0.1, -0.05) is 254 Å². The molecular weight excluding hydrogens is 1430 g/mol. The summed E-state index contributed by atoms with van der Waals surface area (Å²) in [5.74, 6) is 36.8. The number of carbonyl (C=O) groups excluding carboxylic acids is 1. The summed E-state index contributed by atoms with van der Waals surface area (Å²) >= 11 is 11.2. The highest BCUT2D eigenvalue weighted by atomic mass is 32.1. The number of hydrogen-bond acceptors (Lipinski definition) is 26. The molecule has 7 heterocycles. The lowest BCUT2D eigenvalue weighted by Gasteiger charge is -2.26. The zero-order valence-electron chi connectivity index (χ0n) is 58.9. The van der Waals surface area contributed by atoms with E-state index in [1.165, 1.54) is 75.9 Å². The summed E-state index contributed by atoms with van der Waals surface area (Å²) in [5.41, 5.74) is 8.10. The van der Waals surface area contributed by atoms with Crippen LogP contribution in [0.5, 0.6) is 0 Å². The number of carbonyl (C=O) groups is 1. The Labute approximate surface area is 634 Å². The number of unbranched alkanes of at least 4 members (excludes halogenated alkanes) is 2. The second kappa shape index (κ2) is 38.3. The molecule has 1 amide bonds. The molecule has 12 N–H and O–H groups in total. The molecule has 0 saturated heterocycles. The second-order valence-corrected chi connectivity index (χ2v) is 31.9. The van der Waals surface area contributed by atoms with Gasteiger partial charge >= 0.3 is 0 Å². The average molecular weight is 1520 g/mol. The molecule has 20 nitrogen and oxygen atoms in total. The summed E-state index contributed by atoms with van der Waals surface area (Å²) in [7, 11) is 0.